The Hall–Kier alpha value is -2.15. The summed E-state index contributed by atoms with van der Waals surface area (Å²) in [5.74, 6) is -4.71. The van der Waals surface area contributed by atoms with Gasteiger partial charge in [0.1, 0.15) is 30.5 Å². The highest BCUT2D eigenvalue weighted by Crippen LogP contribution is 2.50. The molecule has 0 spiro atoms. The maximum absolute atomic E-state index is 13.9. The molecule has 8 aliphatic rings. The predicted octanol–water partition coefficient (Wildman–Crippen LogP) is 5.17. The maximum atomic E-state index is 13.9. The lowest BCUT2D eigenvalue weighted by Gasteiger charge is -2.48. The standard InChI is InChI=1S/C34H61NO11.C34H59NO11/c2*1-16-14-34(9)30(45-32-25(37)23(35(10)11)13-17(2)41-32)19(4)27(43-24-15-33(8,40-12)29(38)22(7)42-24)20(5)31(39)44-28(21(6)36)18(3)26(16)46-34/h16-30,32,36-38H,13-15H2,1-12H3;16-20,22-30,32,37-38H,13-15H2,1-12H3/t16?,17?,18-,19-,20+,21?,22?,23?,24-,25?,26?,27-,28+,29-,30+,32-,33?,34-;16?,17?,18-,19-,20+,22?,23?,24-,25?,26?,27-,28+,29-,30+,32-,33?,34-/m00/s1. The van der Waals surface area contributed by atoms with Crippen molar-refractivity contribution >= 4 is 17.7 Å². The molecule has 8 heterocycles. The quantitative estimate of drug-likeness (QED) is 0.140. The number of likely N-dealkylation sites (N-methyl/N-ethyl adjacent to an activating group) is 2. The molecule has 92 heavy (non-hydrogen) atoms. The topological polar surface area (TPSA) is 288 Å². The number of rotatable bonds is 14. The molecule has 0 aromatic heterocycles. The highest BCUT2D eigenvalue weighted by molar-refractivity contribution is 5.84. The molecule has 534 valence electrons. The van der Waals surface area contributed by atoms with Crippen molar-refractivity contribution in [1.82, 2.24) is 9.80 Å². The van der Waals surface area contributed by atoms with Gasteiger partial charge in [0.25, 0.3) is 0 Å². The van der Waals surface area contributed by atoms with Gasteiger partial charge in [-0.1, -0.05) is 41.5 Å². The van der Waals surface area contributed by atoms with Crippen molar-refractivity contribution < 1.29 is 106 Å². The van der Waals surface area contributed by atoms with Gasteiger partial charge in [0.15, 0.2) is 37.0 Å². The van der Waals surface area contributed by atoms with Crippen LogP contribution in [0.1, 0.15) is 163 Å². The van der Waals surface area contributed by atoms with Gasteiger partial charge in [-0.15, -0.1) is 0 Å². The van der Waals surface area contributed by atoms with Gasteiger partial charge in [-0.25, -0.2) is 0 Å². The second kappa shape index (κ2) is 30.5. The van der Waals surface area contributed by atoms with Crippen LogP contribution in [0.5, 0.6) is 0 Å². The first kappa shape index (κ1) is 77.2. The average molecular weight is 1320 g/mol. The van der Waals surface area contributed by atoms with E-state index in [-0.39, 0.29) is 66.8 Å². The smallest absolute Gasteiger partial charge is 0.312 e. The maximum Gasteiger partial charge on any atom is 0.312 e. The number of carbonyl (C=O) groups is 3. The first-order valence-corrected chi connectivity index (χ1v) is 34.0. The zero-order valence-electron chi connectivity index (χ0n) is 59.7. The number of carbonyl (C=O) groups excluding carboxylic acids is 3. The molecule has 8 rings (SSSR count). The lowest BCUT2D eigenvalue weighted by Crippen LogP contribution is -2.60. The second-order valence-corrected chi connectivity index (χ2v) is 30.6. The van der Waals surface area contributed by atoms with Crippen LogP contribution in [0, 0.1) is 47.3 Å². The lowest BCUT2D eigenvalue weighted by molar-refractivity contribution is -0.318. The molecule has 24 heteroatoms. The van der Waals surface area contributed by atoms with Crippen LogP contribution in [-0.2, 0) is 80.7 Å². The number of aliphatic hydroxyl groups is 5. The van der Waals surface area contributed by atoms with Crippen LogP contribution in [0.3, 0.4) is 0 Å². The number of ether oxygens (including phenoxy) is 14. The van der Waals surface area contributed by atoms with E-state index in [2.05, 4.69) is 13.8 Å². The monoisotopic (exact) mass is 1320 g/mol. The van der Waals surface area contributed by atoms with Gasteiger partial charge in [-0.3, -0.25) is 14.4 Å². The minimum absolute atomic E-state index is 0.00661. The molecule has 24 nitrogen and oxygen atoms in total. The van der Waals surface area contributed by atoms with Crippen LogP contribution in [0.2, 0.25) is 0 Å². The third-order valence-corrected chi connectivity index (χ3v) is 22.4. The van der Waals surface area contributed by atoms with Crippen LogP contribution in [0.15, 0.2) is 0 Å². The van der Waals surface area contributed by atoms with Gasteiger partial charge in [-0.05, 0) is 149 Å². The van der Waals surface area contributed by atoms with Gasteiger partial charge < -0.3 is 102 Å². The van der Waals surface area contributed by atoms with E-state index in [0.29, 0.717) is 25.7 Å². The van der Waals surface area contributed by atoms with Crippen molar-refractivity contribution in [3.8, 4) is 0 Å². The second-order valence-electron chi connectivity index (χ2n) is 30.6. The summed E-state index contributed by atoms with van der Waals surface area (Å²) in [6.45, 7) is 33.5. The molecule has 0 radical (unpaired) electrons. The highest BCUT2D eigenvalue weighted by Gasteiger charge is 2.60. The minimum Gasteiger partial charge on any atom is -0.459 e. The number of esters is 2. The summed E-state index contributed by atoms with van der Waals surface area (Å²) in [7, 11) is 10.8. The van der Waals surface area contributed by atoms with Crippen molar-refractivity contribution in [1.29, 1.82) is 0 Å². The van der Waals surface area contributed by atoms with Crippen LogP contribution >= 0.6 is 0 Å². The van der Waals surface area contributed by atoms with Gasteiger partial charge in [0.05, 0.1) is 101 Å². The molecule has 0 aromatic carbocycles. The molecule has 8 aliphatic heterocycles. The molecule has 8 saturated heterocycles. The molecule has 4 bridgehead atoms. The van der Waals surface area contributed by atoms with E-state index in [1.165, 1.54) is 14.0 Å². The molecule has 0 aromatic rings. The fourth-order valence-corrected chi connectivity index (χ4v) is 16.9. The Balaban J connectivity index is 0.000000261. The lowest BCUT2D eigenvalue weighted by atomic mass is 9.77. The zero-order valence-corrected chi connectivity index (χ0v) is 59.7. The van der Waals surface area contributed by atoms with Crippen molar-refractivity contribution in [2.24, 2.45) is 47.3 Å². The van der Waals surface area contributed by atoms with E-state index in [0.717, 1.165) is 0 Å². The number of hydrogen-bond donors (Lipinski definition) is 5. The van der Waals surface area contributed by atoms with E-state index >= 15 is 0 Å². The van der Waals surface area contributed by atoms with Crippen LogP contribution in [0.25, 0.3) is 0 Å². The SMILES string of the molecule is COC1(C)C[C@H](O[C@H]2[C@H](C)[C@@H](O[C@@H]3OC(C)CC(N(C)C)C3O)[C@]3(C)CC(C)C(O3)[C@H](C)[C@H](C(C)=O)OC(=O)[C@@H]2C)OC(C)[C@@H]1O.COC1(C)C[C@H](O[C@H]2[C@H](C)[C@@H](O[C@@H]3OC(C)CC(N(C)C)C3O)[C@]3(C)CC(C)C(O3)[C@H](C)[C@H](C(C)O)OC(=O)[C@@H]2C)OC(C)[C@@H]1O. The van der Waals surface area contributed by atoms with Crippen molar-refractivity contribution in [2.45, 2.75) is 327 Å². The molecule has 5 N–H and O–H groups in total. The van der Waals surface area contributed by atoms with Gasteiger partial charge >= 0.3 is 11.9 Å². The number of nitrogens with zero attached hydrogens (tertiary/aromatic N) is 2. The molecule has 8 fully saturated rings. The average Bonchev–Trinajstić information content (AvgIpc) is 1.51. The number of aliphatic hydroxyl groups excluding tert-OH is 5. The summed E-state index contributed by atoms with van der Waals surface area (Å²) in [6.07, 6.45) is -12.3. The summed E-state index contributed by atoms with van der Waals surface area (Å²) < 4.78 is 89.1. The molecule has 15 unspecified atom stereocenters. The number of cyclic esters (lactones) is 2. The first-order chi connectivity index (χ1) is 42.7. The van der Waals surface area contributed by atoms with Gasteiger partial charge in [-0.2, -0.15) is 0 Å². The van der Waals surface area contributed by atoms with Crippen LogP contribution in [0.4, 0.5) is 0 Å². The first-order valence-electron chi connectivity index (χ1n) is 34.0. The Bertz CT molecular complexity index is 2430. The van der Waals surface area contributed by atoms with Crippen LogP contribution < -0.4 is 0 Å². The number of fused-ring (bicyclic) bond motifs is 4. The van der Waals surface area contributed by atoms with E-state index in [9.17, 15) is 39.9 Å². The fraction of sp³-hybridized carbons (Fsp3) is 0.956. The third-order valence-electron chi connectivity index (χ3n) is 22.4. The van der Waals surface area contributed by atoms with E-state index in [1.807, 2.05) is 100 Å². The Labute approximate surface area is 548 Å². The largest absolute Gasteiger partial charge is 0.459 e. The summed E-state index contributed by atoms with van der Waals surface area (Å²) in [4.78, 5) is 44.6. The number of hydrogen-bond acceptors (Lipinski definition) is 24. The number of methoxy groups -OCH3 is 2. The number of ketones is 1. The molecule has 0 aliphatic carbocycles. The van der Waals surface area contributed by atoms with E-state index < -0.39 is 175 Å². The molecule has 0 saturated carbocycles. The molecule has 0 amide bonds. The summed E-state index contributed by atoms with van der Waals surface area (Å²) in [5, 5.41) is 55.4. The third kappa shape index (κ3) is 16.3. The van der Waals surface area contributed by atoms with Crippen molar-refractivity contribution in [2.75, 3.05) is 42.4 Å². The van der Waals surface area contributed by atoms with Gasteiger partial charge in [0.2, 0.25) is 0 Å². The van der Waals surface area contributed by atoms with E-state index in [4.69, 9.17) is 66.3 Å². The molecular formula is C68H120N2O22. The van der Waals surface area contributed by atoms with Crippen molar-refractivity contribution in [3.63, 3.8) is 0 Å². The highest BCUT2D eigenvalue weighted by atomic mass is 16.7. The summed E-state index contributed by atoms with van der Waals surface area (Å²) in [5.41, 5.74) is -3.66. The molecular weight excluding hydrogens is 1200 g/mol. The van der Waals surface area contributed by atoms with E-state index in [1.54, 1.807) is 48.7 Å². The number of Topliss-reactive ketones (excluding diaryl/α,β-unsaturated/α-hetero) is 1. The van der Waals surface area contributed by atoms with Gasteiger partial charge in [0, 0.05) is 62.8 Å². The summed E-state index contributed by atoms with van der Waals surface area (Å²) in [6, 6.07) is -0.373. The molecule has 35 atom stereocenters. The predicted molar refractivity (Wildman–Crippen MR) is 336 cm³/mol. The Morgan fingerprint density at radius 2 is 0.913 bits per heavy atom. The zero-order chi connectivity index (χ0) is 68.9. The Morgan fingerprint density at radius 1 is 0.543 bits per heavy atom. The Morgan fingerprint density at radius 3 is 1.26 bits per heavy atom. The Kier molecular flexibility index (Phi) is 25.6. The normalized spacial score (nSPS) is 51.0. The minimum atomic E-state index is -0.999. The van der Waals surface area contributed by atoms with Crippen LogP contribution in [-0.4, -0.2) is 259 Å². The fourth-order valence-electron chi connectivity index (χ4n) is 16.9. The van der Waals surface area contributed by atoms with Crippen molar-refractivity contribution in [3.05, 3.63) is 0 Å². The summed E-state index contributed by atoms with van der Waals surface area (Å²) >= 11 is 0.